The minimum Gasteiger partial charge on any atom is -0.381 e. The lowest BCUT2D eigenvalue weighted by molar-refractivity contribution is -0.139. The maximum absolute atomic E-state index is 12.3. The molecule has 18 heavy (non-hydrogen) atoms. The number of hydrogen-bond acceptors (Lipinski definition) is 5. The number of nitrogens with two attached hydrogens (primary N) is 1. The molecule has 6 nitrogen and oxygen atoms in total. The molecule has 2 aliphatic rings. The smallest absolute Gasteiger partial charge is 0.226 e. The molecule has 0 radical (unpaired) electrons. The Labute approximate surface area is 105 Å². The quantitative estimate of drug-likeness (QED) is 0.774. The number of nitrogen functional groups attached to an aromatic ring is 1. The summed E-state index contributed by atoms with van der Waals surface area (Å²) in [5.41, 5.74) is 7.43. The van der Waals surface area contributed by atoms with E-state index in [9.17, 15) is 4.79 Å². The SMILES string of the molecule is Nc1ncc2c(n1)CN(C(=O)C1CCOCC1)C2. The van der Waals surface area contributed by atoms with Gasteiger partial charge in [-0.05, 0) is 12.8 Å². The Morgan fingerprint density at radius 1 is 1.39 bits per heavy atom. The standard InChI is InChI=1S/C12H16N4O2/c13-12-14-5-9-6-16(7-10(9)15-12)11(17)8-1-3-18-4-2-8/h5,8H,1-4,6-7H2,(H2,13,14,15). The van der Waals surface area contributed by atoms with Crippen LogP contribution >= 0.6 is 0 Å². The molecule has 1 aromatic rings. The highest BCUT2D eigenvalue weighted by Crippen LogP contribution is 2.25. The minimum absolute atomic E-state index is 0.0957. The van der Waals surface area contributed by atoms with Crippen LogP contribution in [0.3, 0.4) is 0 Å². The second kappa shape index (κ2) is 4.53. The van der Waals surface area contributed by atoms with E-state index >= 15 is 0 Å². The Morgan fingerprint density at radius 3 is 2.94 bits per heavy atom. The van der Waals surface area contributed by atoms with Gasteiger partial charge in [-0.1, -0.05) is 0 Å². The van der Waals surface area contributed by atoms with E-state index in [1.54, 1.807) is 6.20 Å². The van der Waals surface area contributed by atoms with Crippen LogP contribution in [0.2, 0.25) is 0 Å². The predicted molar refractivity (Wildman–Crippen MR) is 64.2 cm³/mol. The molecule has 0 bridgehead atoms. The van der Waals surface area contributed by atoms with Gasteiger partial charge in [0.15, 0.2) is 0 Å². The van der Waals surface area contributed by atoms with Crippen LogP contribution in [0.1, 0.15) is 24.1 Å². The molecule has 0 aromatic carbocycles. The molecule has 0 unspecified atom stereocenters. The second-order valence-corrected chi connectivity index (χ2v) is 4.78. The normalized spacial score (nSPS) is 19.9. The molecule has 1 aromatic heterocycles. The van der Waals surface area contributed by atoms with Crippen LogP contribution in [0.25, 0.3) is 0 Å². The van der Waals surface area contributed by atoms with E-state index in [4.69, 9.17) is 10.5 Å². The fraction of sp³-hybridized carbons (Fsp3) is 0.583. The highest BCUT2D eigenvalue weighted by atomic mass is 16.5. The summed E-state index contributed by atoms with van der Waals surface area (Å²) in [4.78, 5) is 22.3. The molecule has 1 saturated heterocycles. The molecule has 1 amide bonds. The third kappa shape index (κ3) is 2.03. The van der Waals surface area contributed by atoms with Crippen molar-refractivity contribution in [3.05, 3.63) is 17.5 Å². The lowest BCUT2D eigenvalue weighted by Crippen LogP contribution is -2.35. The lowest BCUT2D eigenvalue weighted by Gasteiger charge is -2.25. The Morgan fingerprint density at radius 2 is 2.17 bits per heavy atom. The molecule has 3 rings (SSSR count). The highest BCUT2D eigenvalue weighted by molar-refractivity contribution is 5.79. The fourth-order valence-electron chi connectivity index (χ4n) is 2.53. The number of nitrogens with zero attached hydrogens (tertiary/aromatic N) is 3. The molecule has 0 spiro atoms. The zero-order valence-electron chi connectivity index (χ0n) is 10.1. The molecule has 0 aliphatic carbocycles. The number of hydrogen-bond donors (Lipinski definition) is 1. The van der Waals surface area contributed by atoms with Crippen molar-refractivity contribution in [3.8, 4) is 0 Å². The average molecular weight is 248 g/mol. The Hall–Kier alpha value is -1.69. The zero-order chi connectivity index (χ0) is 12.5. The van der Waals surface area contributed by atoms with Crippen molar-refractivity contribution in [2.45, 2.75) is 25.9 Å². The number of rotatable bonds is 1. The number of aromatic nitrogens is 2. The van der Waals surface area contributed by atoms with Gasteiger partial charge in [-0.3, -0.25) is 4.79 Å². The van der Waals surface area contributed by atoms with E-state index in [1.165, 1.54) is 0 Å². The molecule has 96 valence electrons. The van der Waals surface area contributed by atoms with E-state index in [-0.39, 0.29) is 17.8 Å². The van der Waals surface area contributed by atoms with E-state index in [1.807, 2.05) is 4.90 Å². The van der Waals surface area contributed by atoms with Crippen molar-refractivity contribution in [1.29, 1.82) is 0 Å². The molecule has 6 heteroatoms. The van der Waals surface area contributed by atoms with Crippen LogP contribution in [0, 0.1) is 5.92 Å². The molecule has 1 fully saturated rings. The van der Waals surface area contributed by atoms with E-state index in [0.717, 1.165) is 24.1 Å². The number of ether oxygens (including phenoxy) is 1. The average Bonchev–Trinajstić information content (AvgIpc) is 2.81. The number of fused-ring (bicyclic) bond motifs is 1. The van der Waals surface area contributed by atoms with Crippen LogP contribution in [0.5, 0.6) is 0 Å². The van der Waals surface area contributed by atoms with Gasteiger partial charge in [0.05, 0.1) is 12.2 Å². The third-order valence-corrected chi connectivity index (χ3v) is 3.56. The first-order valence-electron chi connectivity index (χ1n) is 6.21. The Balaban J connectivity index is 1.71. The summed E-state index contributed by atoms with van der Waals surface area (Å²) in [6.45, 7) is 2.53. The number of carbonyl (C=O) groups is 1. The van der Waals surface area contributed by atoms with Crippen molar-refractivity contribution < 1.29 is 9.53 Å². The van der Waals surface area contributed by atoms with Gasteiger partial charge in [-0.2, -0.15) is 0 Å². The van der Waals surface area contributed by atoms with Crippen LogP contribution < -0.4 is 5.73 Å². The zero-order valence-corrected chi connectivity index (χ0v) is 10.1. The van der Waals surface area contributed by atoms with E-state index in [0.29, 0.717) is 26.3 Å². The van der Waals surface area contributed by atoms with Gasteiger partial charge < -0.3 is 15.4 Å². The molecule has 0 saturated carbocycles. The summed E-state index contributed by atoms with van der Waals surface area (Å²) in [7, 11) is 0. The molecular weight excluding hydrogens is 232 g/mol. The van der Waals surface area contributed by atoms with Gasteiger partial charge in [-0.15, -0.1) is 0 Å². The largest absolute Gasteiger partial charge is 0.381 e. The topological polar surface area (TPSA) is 81.3 Å². The van der Waals surface area contributed by atoms with E-state index in [2.05, 4.69) is 9.97 Å². The summed E-state index contributed by atoms with van der Waals surface area (Å²) in [5, 5.41) is 0. The number of carbonyl (C=O) groups excluding carboxylic acids is 1. The minimum atomic E-state index is 0.0957. The summed E-state index contributed by atoms with van der Waals surface area (Å²) in [6, 6.07) is 0. The summed E-state index contributed by atoms with van der Waals surface area (Å²) in [5.74, 6) is 0.572. The highest BCUT2D eigenvalue weighted by Gasteiger charge is 2.31. The second-order valence-electron chi connectivity index (χ2n) is 4.78. The van der Waals surface area contributed by atoms with Crippen LogP contribution in [-0.4, -0.2) is 34.0 Å². The first kappa shape index (κ1) is 11.4. The van der Waals surface area contributed by atoms with Gasteiger partial charge in [0.2, 0.25) is 11.9 Å². The Bertz CT molecular complexity index is 471. The molecule has 3 heterocycles. The van der Waals surface area contributed by atoms with Crippen LogP contribution in [-0.2, 0) is 22.6 Å². The molecule has 2 aliphatic heterocycles. The predicted octanol–water partition coefficient (Wildman–Crippen LogP) is 0.328. The van der Waals surface area contributed by atoms with Crippen molar-refractivity contribution in [2.75, 3.05) is 18.9 Å². The third-order valence-electron chi connectivity index (χ3n) is 3.56. The number of anilines is 1. The van der Waals surface area contributed by atoms with E-state index < -0.39 is 0 Å². The Kier molecular flexibility index (Phi) is 2.87. The number of amides is 1. The maximum atomic E-state index is 12.3. The van der Waals surface area contributed by atoms with Crippen molar-refractivity contribution in [1.82, 2.24) is 14.9 Å². The van der Waals surface area contributed by atoms with Gasteiger partial charge >= 0.3 is 0 Å². The lowest BCUT2D eigenvalue weighted by atomic mass is 9.99. The van der Waals surface area contributed by atoms with Gasteiger partial charge in [0.1, 0.15) is 0 Å². The van der Waals surface area contributed by atoms with Gasteiger partial charge in [0, 0.05) is 37.4 Å². The summed E-state index contributed by atoms with van der Waals surface area (Å²) < 4.78 is 5.28. The van der Waals surface area contributed by atoms with Crippen molar-refractivity contribution >= 4 is 11.9 Å². The van der Waals surface area contributed by atoms with Gasteiger partial charge in [0.25, 0.3) is 0 Å². The van der Waals surface area contributed by atoms with Crippen LogP contribution in [0.4, 0.5) is 5.95 Å². The summed E-state index contributed by atoms with van der Waals surface area (Å²) in [6.07, 6.45) is 3.36. The first-order valence-corrected chi connectivity index (χ1v) is 6.21. The maximum Gasteiger partial charge on any atom is 0.226 e. The fourth-order valence-corrected chi connectivity index (χ4v) is 2.53. The molecule has 2 N–H and O–H groups in total. The first-order chi connectivity index (χ1) is 8.74. The van der Waals surface area contributed by atoms with Crippen LogP contribution in [0.15, 0.2) is 6.20 Å². The monoisotopic (exact) mass is 248 g/mol. The molecular formula is C12H16N4O2. The van der Waals surface area contributed by atoms with Gasteiger partial charge in [-0.25, -0.2) is 9.97 Å². The summed E-state index contributed by atoms with van der Waals surface area (Å²) >= 11 is 0. The van der Waals surface area contributed by atoms with Crippen molar-refractivity contribution in [2.24, 2.45) is 5.92 Å². The van der Waals surface area contributed by atoms with Crippen molar-refractivity contribution in [3.63, 3.8) is 0 Å². The molecule has 0 atom stereocenters.